The summed E-state index contributed by atoms with van der Waals surface area (Å²) in [6.45, 7) is 0.0998. The summed E-state index contributed by atoms with van der Waals surface area (Å²) in [5, 5.41) is 17.8. The van der Waals surface area contributed by atoms with Crippen molar-refractivity contribution in [3.63, 3.8) is 0 Å². The highest BCUT2D eigenvalue weighted by Gasteiger charge is 2.35. The Kier molecular flexibility index (Phi) is 3.15. The molecular formula is C12H10N2O4. The number of hydrogen-bond acceptors (Lipinski definition) is 4. The van der Waals surface area contributed by atoms with Gasteiger partial charge in [0.1, 0.15) is 6.04 Å². The molecule has 1 amide bonds. The van der Waals surface area contributed by atoms with E-state index in [0.29, 0.717) is 11.3 Å². The van der Waals surface area contributed by atoms with Gasteiger partial charge in [0.2, 0.25) is 0 Å². The minimum atomic E-state index is -1.07. The number of cyclic esters (lactones) is 1. The molecule has 1 fully saturated rings. The minimum absolute atomic E-state index is 0.0998. The zero-order valence-electron chi connectivity index (χ0n) is 9.37. The molecule has 1 aromatic rings. The molecule has 0 saturated carbocycles. The molecule has 6 nitrogen and oxygen atoms in total. The van der Waals surface area contributed by atoms with Crippen molar-refractivity contribution in [2.24, 2.45) is 0 Å². The third-order valence-corrected chi connectivity index (χ3v) is 2.68. The number of amides is 1. The standard InChI is InChI=1S/C12H10N2O4/c13-7-8-1-3-9(4-2-8)14-10(11(15)16)5-6-18-12(14)17/h1-4,10H,5-6H2,(H,15,16). The smallest absolute Gasteiger partial charge is 0.415 e. The topological polar surface area (TPSA) is 90.6 Å². The van der Waals surface area contributed by atoms with Gasteiger partial charge in [-0.2, -0.15) is 5.26 Å². The number of nitrogens with zero attached hydrogens (tertiary/aromatic N) is 2. The maximum atomic E-state index is 11.6. The van der Waals surface area contributed by atoms with Crippen LogP contribution in [0.1, 0.15) is 12.0 Å². The van der Waals surface area contributed by atoms with Crippen LogP contribution in [-0.2, 0) is 9.53 Å². The van der Waals surface area contributed by atoms with Crippen molar-refractivity contribution >= 4 is 17.7 Å². The molecule has 1 N–H and O–H groups in total. The maximum absolute atomic E-state index is 11.6. The van der Waals surface area contributed by atoms with Crippen molar-refractivity contribution in [3.05, 3.63) is 29.8 Å². The van der Waals surface area contributed by atoms with Gasteiger partial charge < -0.3 is 9.84 Å². The Morgan fingerprint density at radius 3 is 2.67 bits per heavy atom. The van der Waals surface area contributed by atoms with E-state index in [1.807, 2.05) is 6.07 Å². The molecule has 0 spiro atoms. The normalized spacial score (nSPS) is 18.9. The second-order valence-electron chi connectivity index (χ2n) is 3.79. The molecule has 1 aromatic carbocycles. The summed E-state index contributed by atoms with van der Waals surface area (Å²) in [5.74, 6) is -1.07. The Hall–Kier alpha value is -2.55. The van der Waals surface area contributed by atoms with Crippen LogP contribution in [0.3, 0.4) is 0 Å². The van der Waals surface area contributed by atoms with E-state index in [-0.39, 0.29) is 13.0 Å². The molecule has 1 heterocycles. The number of carbonyl (C=O) groups excluding carboxylic acids is 1. The summed E-state index contributed by atoms with van der Waals surface area (Å²) in [5.41, 5.74) is 0.849. The Morgan fingerprint density at radius 1 is 1.44 bits per heavy atom. The van der Waals surface area contributed by atoms with Crippen LogP contribution in [-0.4, -0.2) is 29.8 Å². The monoisotopic (exact) mass is 246 g/mol. The molecule has 0 aliphatic carbocycles. The van der Waals surface area contributed by atoms with Crippen molar-refractivity contribution in [2.45, 2.75) is 12.5 Å². The summed E-state index contributed by atoms with van der Waals surface area (Å²) in [6, 6.07) is 7.13. The number of carbonyl (C=O) groups is 2. The van der Waals surface area contributed by atoms with Gasteiger partial charge in [-0.25, -0.2) is 9.59 Å². The predicted molar refractivity (Wildman–Crippen MR) is 61.0 cm³/mol. The molecule has 92 valence electrons. The van der Waals surface area contributed by atoms with Crippen LogP contribution in [0.2, 0.25) is 0 Å². The summed E-state index contributed by atoms with van der Waals surface area (Å²) >= 11 is 0. The highest BCUT2D eigenvalue weighted by Crippen LogP contribution is 2.23. The van der Waals surface area contributed by atoms with Crippen molar-refractivity contribution < 1.29 is 19.4 Å². The summed E-state index contributed by atoms with van der Waals surface area (Å²) in [7, 11) is 0. The number of carboxylic acid groups (broad SMARTS) is 1. The number of aliphatic carboxylic acids is 1. The lowest BCUT2D eigenvalue weighted by Crippen LogP contribution is -2.50. The lowest BCUT2D eigenvalue weighted by molar-refractivity contribution is -0.139. The minimum Gasteiger partial charge on any atom is -0.480 e. The van der Waals surface area contributed by atoms with E-state index in [0.717, 1.165) is 4.90 Å². The molecule has 0 aromatic heterocycles. The van der Waals surface area contributed by atoms with Gasteiger partial charge in [0.15, 0.2) is 0 Å². The van der Waals surface area contributed by atoms with Crippen molar-refractivity contribution in [3.8, 4) is 6.07 Å². The Balaban J connectivity index is 2.34. The molecule has 18 heavy (non-hydrogen) atoms. The van der Waals surface area contributed by atoms with Gasteiger partial charge in [-0.05, 0) is 24.3 Å². The lowest BCUT2D eigenvalue weighted by atomic mass is 10.1. The number of benzene rings is 1. The fourth-order valence-electron chi connectivity index (χ4n) is 1.80. The highest BCUT2D eigenvalue weighted by atomic mass is 16.6. The number of nitriles is 1. The van der Waals surface area contributed by atoms with Crippen LogP contribution >= 0.6 is 0 Å². The van der Waals surface area contributed by atoms with Gasteiger partial charge in [0.05, 0.1) is 18.2 Å². The van der Waals surface area contributed by atoms with Crippen LogP contribution < -0.4 is 4.90 Å². The highest BCUT2D eigenvalue weighted by molar-refractivity contribution is 5.96. The van der Waals surface area contributed by atoms with E-state index < -0.39 is 18.1 Å². The van der Waals surface area contributed by atoms with Gasteiger partial charge >= 0.3 is 12.1 Å². The second kappa shape index (κ2) is 4.75. The van der Waals surface area contributed by atoms with E-state index in [1.165, 1.54) is 24.3 Å². The lowest BCUT2D eigenvalue weighted by Gasteiger charge is -2.32. The number of rotatable bonds is 2. The average Bonchev–Trinajstić information content (AvgIpc) is 2.38. The molecule has 1 saturated heterocycles. The average molecular weight is 246 g/mol. The van der Waals surface area contributed by atoms with Crippen molar-refractivity contribution in [1.29, 1.82) is 5.26 Å². The Morgan fingerprint density at radius 2 is 2.11 bits per heavy atom. The number of hydrogen-bond donors (Lipinski definition) is 1. The summed E-state index contributed by atoms with van der Waals surface area (Å²) in [6.07, 6.45) is -0.445. The van der Waals surface area contributed by atoms with Gasteiger partial charge in [-0.1, -0.05) is 0 Å². The fourth-order valence-corrected chi connectivity index (χ4v) is 1.80. The van der Waals surface area contributed by atoms with Crippen molar-refractivity contribution in [1.82, 2.24) is 0 Å². The second-order valence-corrected chi connectivity index (χ2v) is 3.79. The molecular weight excluding hydrogens is 236 g/mol. The number of ether oxygens (including phenoxy) is 1. The van der Waals surface area contributed by atoms with Crippen LogP contribution in [0.15, 0.2) is 24.3 Å². The van der Waals surface area contributed by atoms with Crippen LogP contribution in [0.5, 0.6) is 0 Å². The Labute approximate surface area is 103 Å². The van der Waals surface area contributed by atoms with E-state index in [9.17, 15) is 9.59 Å². The van der Waals surface area contributed by atoms with Gasteiger partial charge in [0.25, 0.3) is 0 Å². The van der Waals surface area contributed by atoms with E-state index in [1.54, 1.807) is 0 Å². The zero-order valence-corrected chi connectivity index (χ0v) is 9.37. The maximum Gasteiger partial charge on any atom is 0.415 e. The quantitative estimate of drug-likeness (QED) is 0.850. The Bertz CT molecular complexity index is 518. The van der Waals surface area contributed by atoms with E-state index >= 15 is 0 Å². The number of carboxylic acids is 1. The largest absolute Gasteiger partial charge is 0.480 e. The SMILES string of the molecule is N#Cc1ccc(N2C(=O)OCCC2C(=O)O)cc1. The fraction of sp³-hybridized carbons (Fsp3) is 0.250. The third kappa shape index (κ3) is 2.11. The first-order valence-corrected chi connectivity index (χ1v) is 5.32. The third-order valence-electron chi connectivity index (χ3n) is 2.68. The summed E-state index contributed by atoms with van der Waals surface area (Å²) in [4.78, 5) is 23.8. The molecule has 1 aliphatic heterocycles. The molecule has 1 unspecified atom stereocenters. The van der Waals surface area contributed by atoms with Crippen LogP contribution in [0.25, 0.3) is 0 Å². The van der Waals surface area contributed by atoms with Gasteiger partial charge in [-0.15, -0.1) is 0 Å². The van der Waals surface area contributed by atoms with Gasteiger partial charge in [-0.3, -0.25) is 4.90 Å². The molecule has 1 atom stereocenters. The molecule has 0 radical (unpaired) electrons. The number of anilines is 1. The first-order valence-electron chi connectivity index (χ1n) is 5.32. The van der Waals surface area contributed by atoms with E-state index in [2.05, 4.69) is 0 Å². The molecule has 2 rings (SSSR count). The van der Waals surface area contributed by atoms with Crippen LogP contribution in [0, 0.1) is 11.3 Å². The van der Waals surface area contributed by atoms with Crippen molar-refractivity contribution in [2.75, 3.05) is 11.5 Å². The van der Waals surface area contributed by atoms with E-state index in [4.69, 9.17) is 15.1 Å². The zero-order chi connectivity index (χ0) is 13.1. The first kappa shape index (κ1) is 11.9. The molecule has 6 heteroatoms. The first-order chi connectivity index (χ1) is 8.63. The van der Waals surface area contributed by atoms with Crippen LogP contribution in [0.4, 0.5) is 10.5 Å². The predicted octanol–water partition coefficient (Wildman–Crippen LogP) is 1.36. The molecule has 1 aliphatic rings. The molecule has 0 bridgehead atoms. The summed E-state index contributed by atoms with van der Waals surface area (Å²) < 4.78 is 4.84. The van der Waals surface area contributed by atoms with Gasteiger partial charge in [0, 0.05) is 12.1 Å².